The topological polar surface area (TPSA) is 88.9 Å². The Kier molecular flexibility index (Phi) is 6.62. The molecule has 0 aliphatic heterocycles. The lowest BCUT2D eigenvalue weighted by Crippen LogP contribution is -2.23. The van der Waals surface area contributed by atoms with Crippen molar-refractivity contribution in [2.45, 2.75) is 11.7 Å². The molecule has 2 amide bonds. The highest BCUT2D eigenvalue weighted by Gasteiger charge is 2.10. The summed E-state index contributed by atoms with van der Waals surface area (Å²) in [6, 6.07) is 18.1. The Bertz CT molecular complexity index is 1220. The maximum Gasteiger partial charge on any atom is 0.255 e. The van der Waals surface area contributed by atoms with Gasteiger partial charge in [-0.25, -0.2) is 4.98 Å². The van der Waals surface area contributed by atoms with Gasteiger partial charge in [0.25, 0.3) is 11.8 Å². The van der Waals surface area contributed by atoms with Crippen LogP contribution in [0.4, 0.5) is 5.69 Å². The van der Waals surface area contributed by atoms with Crippen LogP contribution in [-0.2, 0) is 6.54 Å². The standard InChI is InChI=1S/C24H21N5O2S/c1-32-24-26-13-14-29(24)21-4-2-3-19(15-21)22(30)27-16-17-5-7-20(8-6-17)28-23(31)18-9-11-25-12-10-18/h2-15H,16H2,1H3,(H,27,30)(H,28,31). The van der Waals surface area contributed by atoms with E-state index < -0.39 is 0 Å². The van der Waals surface area contributed by atoms with Gasteiger partial charge in [-0.15, -0.1) is 0 Å². The van der Waals surface area contributed by atoms with E-state index in [0.717, 1.165) is 16.4 Å². The van der Waals surface area contributed by atoms with Crippen molar-refractivity contribution < 1.29 is 9.59 Å². The summed E-state index contributed by atoms with van der Waals surface area (Å²) in [5, 5.41) is 6.64. The zero-order valence-corrected chi connectivity index (χ0v) is 18.2. The fourth-order valence-corrected chi connectivity index (χ4v) is 3.66. The second kappa shape index (κ2) is 9.93. The third-order valence-corrected chi connectivity index (χ3v) is 5.45. The lowest BCUT2D eigenvalue weighted by atomic mass is 10.1. The molecule has 4 rings (SSSR count). The van der Waals surface area contributed by atoms with Gasteiger partial charge in [0, 0.05) is 53.8 Å². The number of nitrogens with one attached hydrogen (secondary N) is 2. The molecular formula is C24H21N5O2S. The SMILES string of the molecule is CSc1nccn1-c1cccc(C(=O)NCc2ccc(NC(=O)c3ccncc3)cc2)c1. The molecule has 0 unspecified atom stereocenters. The van der Waals surface area contributed by atoms with Gasteiger partial charge in [-0.1, -0.05) is 30.0 Å². The summed E-state index contributed by atoms with van der Waals surface area (Å²) in [7, 11) is 0. The first-order valence-corrected chi connectivity index (χ1v) is 11.1. The van der Waals surface area contributed by atoms with Crippen molar-refractivity contribution in [2.24, 2.45) is 0 Å². The van der Waals surface area contributed by atoms with Crippen LogP contribution in [0.5, 0.6) is 0 Å². The van der Waals surface area contributed by atoms with Crippen molar-refractivity contribution >= 4 is 29.3 Å². The smallest absolute Gasteiger partial charge is 0.255 e. The number of imidazole rings is 1. The lowest BCUT2D eigenvalue weighted by Gasteiger charge is -2.10. The largest absolute Gasteiger partial charge is 0.348 e. The molecule has 2 aromatic heterocycles. The fraction of sp³-hybridized carbons (Fsp3) is 0.0833. The van der Waals surface area contributed by atoms with Crippen LogP contribution in [0.25, 0.3) is 5.69 Å². The number of nitrogens with zero attached hydrogens (tertiary/aromatic N) is 3. The predicted octanol–water partition coefficient (Wildman–Crippen LogP) is 4.17. The number of carbonyl (C=O) groups is 2. The molecular weight excluding hydrogens is 422 g/mol. The highest BCUT2D eigenvalue weighted by Crippen LogP contribution is 2.19. The Labute approximate surface area is 189 Å². The number of thioether (sulfide) groups is 1. The average Bonchev–Trinajstić information content (AvgIpc) is 3.33. The van der Waals surface area contributed by atoms with Gasteiger partial charge in [0.15, 0.2) is 5.16 Å². The van der Waals surface area contributed by atoms with Crippen LogP contribution in [0.3, 0.4) is 0 Å². The Hall–Kier alpha value is -3.91. The molecule has 32 heavy (non-hydrogen) atoms. The monoisotopic (exact) mass is 443 g/mol. The van der Waals surface area contributed by atoms with E-state index in [1.54, 1.807) is 48.6 Å². The molecule has 2 aromatic carbocycles. The third kappa shape index (κ3) is 5.04. The number of carbonyl (C=O) groups excluding carboxylic acids is 2. The quantitative estimate of drug-likeness (QED) is 0.419. The van der Waals surface area contributed by atoms with E-state index in [4.69, 9.17) is 0 Å². The van der Waals surface area contributed by atoms with Crippen LogP contribution in [0.15, 0.2) is 90.6 Å². The van der Waals surface area contributed by atoms with Crippen molar-refractivity contribution in [3.8, 4) is 5.69 Å². The van der Waals surface area contributed by atoms with Gasteiger partial charge in [-0.3, -0.25) is 19.1 Å². The zero-order valence-electron chi connectivity index (χ0n) is 17.4. The fourth-order valence-electron chi connectivity index (χ4n) is 3.13. The van der Waals surface area contributed by atoms with E-state index in [0.29, 0.717) is 23.4 Å². The zero-order chi connectivity index (χ0) is 22.3. The Morgan fingerprint density at radius 2 is 1.72 bits per heavy atom. The van der Waals surface area contributed by atoms with Crippen LogP contribution in [0.2, 0.25) is 0 Å². The summed E-state index contributed by atoms with van der Waals surface area (Å²) in [6.45, 7) is 0.378. The first kappa shape index (κ1) is 21.3. The Morgan fingerprint density at radius 1 is 0.938 bits per heavy atom. The van der Waals surface area contributed by atoms with E-state index in [9.17, 15) is 9.59 Å². The van der Waals surface area contributed by atoms with Crippen LogP contribution >= 0.6 is 11.8 Å². The first-order chi connectivity index (χ1) is 15.6. The second-order valence-corrected chi connectivity index (χ2v) is 7.68. The molecule has 2 heterocycles. The summed E-state index contributed by atoms with van der Waals surface area (Å²) in [5.41, 5.74) is 3.60. The lowest BCUT2D eigenvalue weighted by molar-refractivity contribution is 0.0950. The molecule has 8 heteroatoms. The van der Waals surface area contributed by atoms with Gasteiger partial charge < -0.3 is 10.6 Å². The summed E-state index contributed by atoms with van der Waals surface area (Å²) in [4.78, 5) is 33.1. The minimum Gasteiger partial charge on any atom is -0.348 e. The molecule has 0 aliphatic carbocycles. The van der Waals surface area contributed by atoms with Crippen molar-refractivity contribution in [3.05, 3.63) is 102 Å². The number of benzene rings is 2. The van der Waals surface area contributed by atoms with Crippen LogP contribution in [0, 0.1) is 0 Å². The number of pyridine rings is 1. The number of rotatable bonds is 7. The van der Waals surface area contributed by atoms with E-state index >= 15 is 0 Å². The summed E-state index contributed by atoms with van der Waals surface area (Å²) in [5.74, 6) is -0.358. The van der Waals surface area contributed by atoms with E-state index in [1.165, 1.54) is 0 Å². The van der Waals surface area contributed by atoms with Gasteiger partial charge in [0.1, 0.15) is 0 Å². The number of hydrogen-bond acceptors (Lipinski definition) is 5. The molecule has 4 aromatic rings. The third-order valence-electron chi connectivity index (χ3n) is 4.78. The maximum absolute atomic E-state index is 12.7. The van der Waals surface area contributed by atoms with Gasteiger partial charge >= 0.3 is 0 Å². The summed E-state index contributed by atoms with van der Waals surface area (Å²) in [6.07, 6.45) is 8.73. The molecule has 0 saturated heterocycles. The highest BCUT2D eigenvalue weighted by molar-refractivity contribution is 7.98. The molecule has 0 radical (unpaired) electrons. The van der Waals surface area contributed by atoms with Crippen molar-refractivity contribution in [3.63, 3.8) is 0 Å². The van der Waals surface area contributed by atoms with E-state index in [2.05, 4.69) is 20.6 Å². The molecule has 2 N–H and O–H groups in total. The second-order valence-electron chi connectivity index (χ2n) is 6.90. The molecule has 0 fully saturated rings. The molecule has 0 bridgehead atoms. The molecule has 160 valence electrons. The Morgan fingerprint density at radius 3 is 2.47 bits per heavy atom. The van der Waals surface area contributed by atoms with Crippen molar-refractivity contribution in [1.82, 2.24) is 19.9 Å². The molecule has 0 atom stereocenters. The Balaban J connectivity index is 1.36. The van der Waals surface area contributed by atoms with E-state index in [1.807, 2.05) is 59.5 Å². The summed E-state index contributed by atoms with van der Waals surface area (Å²) < 4.78 is 1.94. The van der Waals surface area contributed by atoms with Crippen LogP contribution in [-0.4, -0.2) is 32.6 Å². The summed E-state index contributed by atoms with van der Waals surface area (Å²) >= 11 is 1.54. The first-order valence-electron chi connectivity index (χ1n) is 9.90. The number of amides is 2. The van der Waals surface area contributed by atoms with Crippen LogP contribution < -0.4 is 10.6 Å². The highest BCUT2D eigenvalue weighted by atomic mass is 32.2. The molecule has 0 aliphatic rings. The average molecular weight is 444 g/mol. The minimum absolute atomic E-state index is 0.160. The number of aromatic nitrogens is 3. The van der Waals surface area contributed by atoms with Gasteiger partial charge in [0.05, 0.1) is 0 Å². The molecule has 0 spiro atoms. The van der Waals surface area contributed by atoms with Crippen molar-refractivity contribution in [2.75, 3.05) is 11.6 Å². The number of hydrogen-bond donors (Lipinski definition) is 2. The normalized spacial score (nSPS) is 10.5. The number of anilines is 1. The van der Waals surface area contributed by atoms with Gasteiger partial charge in [-0.05, 0) is 54.3 Å². The van der Waals surface area contributed by atoms with E-state index in [-0.39, 0.29) is 11.8 Å². The van der Waals surface area contributed by atoms with Gasteiger partial charge in [-0.2, -0.15) is 0 Å². The molecule has 0 saturated carbocycles. The maximum atomic E-state index is 12.7. The molecule has 7 nitrogen and oxygen atoms in total. The predicted molar refractivity (Wildman–Crippen MR) is 125 cm³/mol. The minimum atomic E-state index is -0.198. The van der Waals surface area contributed by atoms with Crippen LogP contribution in [0.1, 0.15) is 26.3 Å². The van der Waals surface area contributed by atoms with Crippen molar-refractivity contribution in [1.29, 1.82) is 0 Å². The van der Waals surface area contributed by atoms with Gasteiger partial charge in [0.2, 0.25) is 0 Å².